The number of nitrogens with zero attached hydrogens (tertiary/aromatic N) is 1. The number of hydrogen-bond acceptors (Lipinski definition) is 1. The van der Waals surface area contributed by atoms with E-state index < -0.39 is 0 Å². The average molecular weight is 308 g/mol. The van der Waals surface area contributed by atoms with Crippen LogP contribution < -0.4 is 0 Å². The third-order valence-electron chi connectivity index (χ3n) is 3.33. The minimum absolute atomic E-state index is 0.199. The fourth-order valence-electron chi connectivity index (χ4n) is 2.27. The van der Waals surface area contributed by atoms with E-state index in [0.717, 1.165) is 41.5 Å². The number of amides is 1. The van der Waals surface area contributed by atoms with E-state index in [4.69, 9.17) is 0 Å². The summed E-state index contributed by atoms with van der Waals surface area (Å²) in [5.74, 6) is 0.199. The lowest BCUT2D eigenvalue weighted by molar-refractivity contribution is -0.127. The molecule has 1 fully saturated rings. The van der Waals surface area contributed by atoms with Crippen LogP contribution in [-0.4, -0.2) is 17.4 Å². The van der Waals surface area contributed by atoms with Gasteiger partial charge in [0.2, 0.25) is 5.91 Å². The fraction of sp³-hybridized carbons (Fsp3) is 0.400. The van der Waals surface area contributed by atoms with Crippen molar-refractivity contribution in [3.05, 3.63) is 40.4 Å². The molecular weight excluding hydrogens is 290 g/mol. The molecule has 0 unspecified atom stereocenters. The molecule has 1 aliphatic rings. The lowest BCUT2D eigenvalue weighted by Gasteiger charge is -2.24. The summed E-state index contributed by atoms with van der Waals surface area (Å²) in [5.41, 5.74) is 3.02. The standard InChI is InChI=1S/C15H18BrNO/c1-11-7-8-13(14(16)10-11)12(2)17-9-5-3-4-6-15(17)18/h7-8,10H,2-6,9H2,1H3. The van der Waals surface area contributed by atoms with E-state index in [1.165, 1.54) is 5.56 Å². The zero-order chi connectivity index (χ0) is 13.1. The number of halogens is 1. The molecule has 0 spiro atoms. The highest BCUT2D eigenvalue weighted by molar-refractivity contribution is 9.10. The van der Waals surface area contributed by atoms with Crippen LogP contribution in [0.5, 0.6) is 0 Å². The van der Waals surface area contributed by atoms with Gasteiger partial charge in [-0.05, 0) is 31.4 Å². The number of rotatable bonds is 2. The van der Waals surface area contributed by atoms with Gasteiger partial charge in [-0.2, -0.15) is 0 Å². The maximum atomic E-state index is 12.1. The number of likely N-dealkylation sites (tertiary alicyclic amines) is 1. The molecule has 3 heteroatoms. The van der Waals surface area contributed by atoms with Crippen molar-refractivity contribution in [2.24, 2.45) is 0 Å². The van der Waals surface area contributed by atoms with E-state index in [2.05, 4.69) is 28.6 Å². The third kappa shape index (κ3) is 2.83. The van der Waals surface area contributed by atoms with Gasteiger partial charge < -0.3 is 4.90 Å². The SMILES string of the molecule is C=C(c1ccc(C)cc1Br)N1CCCCCC1=O. The molecule has 0 bridgehead atoms. The second-order valence-electron chi connectivity index (χ2n) is 4.79. The second-order valence-corrected chi connectivity index (χ2v) is 5.64. The summed E-state index contributed by atoms with van der Waals surface area (Å²) in [4.78, 5) is 13.9. The monoisotopic (exact) mass is 307 g/mol. The molecule has 1 aliphatic heterocycles. The molecule has 1 aromatic rings. The van der Waals surface area contributed by atoms with Gasteiger partial charge in [0.1, 0.15) is 0 Å². The van der Waals surface area contributed by atoms with Crippen LogP contribution in [0, 0.1) is 6.92 Å². The summed E-state index contributed by atoms with van der Waals surface area (Å²) in [7, 11) is 0. The van der Waals surface area contributed by atoms with Crippen LogP contribution in [0.25, 0.3) is 5.70 Å². The van der Waals surface area contributed by atoms with Crippen LogP contribution in [-0.2, 0) is 4.79 Å². The van der Waals surface area contributed by atoms with Crippen molar-refractivity contribution >= 4 is 27.5 Å². The van der Waals surface area contributed by atoms with Crippen molar-refractivity contribution in [3.63, 3.8) is 0 Å². The fourth-order valence-corrected chi connectivity index (χ4v) is 2.99. The minimum Gasteiger partial charge on any atom is -0.312 e. The Labute approximate surface area is 117 Å². The molecule has 1 heterocycles. The Morgan fingerprint density at radius 3 is 2.83 bits per heavy atom. The second kappa shape index (κ2) is 5.70. The van der Waals surface area contributed by atoms with Gasteiger partial charge in [-0.1, -0.05) is 41.1 Å². The minimum atomic E-state index is 0.199. The lowest BCUT2D eigenvalue weighted by atomic mass is 10.1. The molecule has 0 atom stereocenters. The molecule has 2 rings (SSSR count). The van der Waals surface area contributed by atoms with Crippen molar-refractivity contribution in [1.82, 2.24) is 4.90 Å². The smallest absolute Gasteiger partial charge is 0.226 e. The first-order valence-corrected chi connectivity index (χ1v) is 7.14. The molecule has 2 nitrogen and oxygen atoms in total. The Kier molecular flexibility index (Phi) is 4.23. The number of aryl methyl sites for hydroxylation is 1. The number of hydrogen-bond donors (Lipinski definition) is 0. The van der Waals surface area contributed by atoms with Crippen molar-refractivity contribution < 1.29 is 4.79 Å². The van der Waals surface area contributed by atoms with Crippen molar-refractivity contribution in [1.29, 1.82) is 0 Å². The molecule has 0 aromatic heterocycles. The van der Waals surface area contributed by atoms with E-state index in [-0.39, 0.29) is 5.91 Å². The predicted octanol–water partition coefficient (Wildman–Crippen LogP) is 4.13. The normalized spacial score (nSPS) is 16.6. The van der Waals surface area contributed by atoms with Crippen LogP contribution in [0.1, 0.15) is 36.8 Å². The largest absolute Gasteiger partial charge is 0.312 e. The van der Waals surface area contributed by atoms with Crippen molar-refractivity contribution in [2.75, 3.05) is 6.54 Å². The summed E-state index contributed by atoms with van der Waals surface area (Å²) < 4.78 is 1.00. The topological polar surface area (TPSA) is 20.3 Å². The van der Waals surface area contributed by atoms with E-state index in [1.807, 2.05) is 24.0 Å². The molecule has 0 saturated carbocycles. The molecule has 0 aliphatic carbocycles. The highest BCUT2D eigenvalue weighted by atomic mass is 79.9. The molecule has 18 heavy (non-hydrogen) atoms. The number of carbonyl (C=O) groups is 1. The van der Waals surface area contributed by atoms with Crippen LogP contribution in [0.2, 0.25) is 0 Å². The zero-order valence-corrected chi connectivity index (χ0v) is 12.3. The first kappa shape index (κ1) is 13.3. The summed E-state index contributed by atoms with van der Waals surface area (Å²) in [6.07, 6.45) is 3.83. The highest BCUT2D eigenvalue weighted by Crippen LogP contribution is 2.28. The number of carbonyl (C=O) groups excluding carboxylic acids is 1. The Hall–Kier alpha value is -1.09. The van der Waals surface area contributed by atoms with Gasteiger partial charge in [-0.3, -0.25) is 4.79 Å². The molecule has 96 valence electrons. The molecular formula is C15H18BrNO. The quantitative estimate of drug-likeness (QED) is 0.804. The van der Waals surface area contributed by atoms with E-state index in [9.17, 15) is 4.79 Å². The van der Waals surface area contributed by atoms with E-state index in [0.29, 0.717) is 6.42 Å². The summed E-state index contributed by atoms with van der Waals surface area (Å²) in [6, 6.07) is 6.14. The summed E-state index contributed by atoms with van der Waals surface area (Å²) >= 11 is 3.55. The van der Waals surface area contributed by atoms with Gasteiger partial charge in [0.15, 0.2) is 0 Å². The predicted molar refractivity (Wildman–Crippen MR) is 78.1 cm³/mol. The average Bonchev–Trinajstić information content (AvgIpc) is 2.53. The first-order valence-electron chi connectivity index (χ1n) is 6.35. The molecule has 1 aromatic carbocycles. The Morgan fingerprint density at radius 1 is 1.33 bits per heavy atom. The molecule has 0 N–H and O–H groups in total. The molecule has 0 radical (unpaired) electrons. The Bertz CT molecular complexity index is 481. The zero-order valence-electron chi connectivity index (χ0n) is 10.7. The van der Waals surface area contributed by atoms with Crippen LogP contribution in [0.15, 0.2) is 29.3 Å². The maximum Gasteiger partial charge on any atom is 0.226 e. The number of benzene rings is 1. The van der Waals surface area contributed by atoms with Gasteiger partial charge in [0, 0.05) is 28.7 Å². The van der Waals surface area contributed by atoms with Gasteiger partial charge >= 0.3 is 0 Å². The third-order valence-corrected chi connectivity index (χ3v) is 3.99. The van der Waals surface area contributed by atoms with Gasteiger partial charge in [-0.25, -0.2) is 0 Å². The van der Waals surface area contributed by atoms with Crippen molar-refractivity contribution in [3.8, 4) is 0 Å². The Morgan fingerprint density at radius 2 is 2.11 bits per heavy atom. The lowest BCUT2D eigenvalue weighted by Crippen LogP contribution is -2.28. The molecule has 1 amide bonds. The van der Waals surface area contributed by atoms with Gasteiger partial charge in [0.05, 0.1) is 0 Å². The van der Waals surface area contributed by atoms with Gasteiger partial charge in [0.25, 0.3) is 0 Å². The van der Waals surface area contributed by atoms with E-state index in [1.54, 1.807) is 0 Å². The van der Waals surface area contributed by atoms with Crippen LogP contribution in [0.4, 0.5) is 0 Å². The highest BCUT2D eigenvalue weighted by Gasteiger charge is 2.20. The van der Waals surface area contributed by atoms with E-state index >= 15 is 0 Å². The van der Waals surface area contributed by atoms with Crippen LogP contribution in [0.3, 0.4) is 0 Å². The van der Waals surface area contributed by atoms with Crippen LogP contribution >= 0.6 is 15.9 Å². The maximum absolute atomic E-state index is 12.1. The first-order chi connectivity index (χ1) is 8.59. The summed E-state index contributed by atoms with van der Waals surface area (Å²) in [6.45, 7) is 6.95. The molecule has 1 saturated heterocycles. The van der Waals surface area contributed by atoms with Gasteiger partial charge in [-0.15, -0.1) is 0 Å². The Balaban J connectivity index is 2.26. The van der Waals surface area contributed by atoms with Crippen molar-refractivity contribution in [2.45, 2.75) is 32.6 Å². The summed E-state index contributed by atoms with van der Waals surface area (Å²) in [5, 5.41) is 0.